The number of aliphatic hydroxyl groups excluding tert-OH is 1. The quantitative estimate of drug-likeness (QED) is 0.744. The minimum Gasteiger partial charge on any atom is -0.393 e. The van der Waals surface area contributed by atoms with Crippen LogP contribution in [0.15, 0.2) is 23.0 Å². The molecule has 0 aromatic carbocycles. The van der Waals surface area contributed by atoms with Crippen LogP contribution in [-0.4, -0.2) is 28.2 Å². The van der Waals surface area contributed by atoms with Gasteiger partial charge in [0, 0.05) is 12.3 Å². The van der Waals surface area contributed by atoms with E-state index < -0.39 is 5.79 Å². The van der Waals surface area contributed by atoms with Gasteiger partial charge < -0.3 is 14.9 Å². The third-order valence-electron chi connectivity index (χ3n) is 2.79. The van der Waals surface area contributed by atoms with Crippen LogP contribution in [0.3, 0.4) is 0 Å². The van der Waals surface area contributed by atoms with Crippen LogP contribution >= 0.6 is 11.8 Å². The van der Waals surface area contributed by atoms with Crippen molar-refractivity contribution in [2.24, 2.45) is 5.92 Å². The van der Waals surface area contributed by atoms with Crippen molar-refractivity contribution in [3.05, 3.63) is 23.0 Å². The number of allylic oxidation sites excluding steroid dienone is 1. The first-order valence-electron chi connectivity index (χ1n) is 5.89. The van der Waals surface area contributed by atoms with Crippen molar-refractivity contribution in [2.45, 2.75) is 51.6 Å². The molecule has 1 saturated carbocycles. The van der Waals surface area contributed by atoms with Crippen molar-refractivity contribution in [3.8, 4) is 0 Å². The maximum atomic E-state index is 9.76. The Morgan fingerprint density at radius 1 is 1.47 bits per heavy atom. The van der Waals surface area contributed by atoms with Gasteiger partial charge in [0.25, 0.3) is 0 Å². The number of hydrogen-bond acceptors (Lipinski definition) is 4. The topological polar surface area (TPSA) is 49.7 Å². The van der Waals surface area contributed by atoms with E-state index in [1.807, 2.05) is 13.0 Å². The highest BCUT2D eigenvalue weighted by molar-refractivity contribution is 8.05. The second-order valence-electron chi connectivity index (χ2n) is 4.81. The lowest BCUT2D eigenvalue weighted by Gasteiger charge is -2.28. The van der Waals surface area contributed by atoms with Gasteiger partial charge in [-0.3, -0.25) is 0 Å². The van der Waals surface area contributed by atoms with Crippen molar-refractivity contribution in [3.63, 3.8) is 0 Å². The van der Waals surface area contributed by atoms with E-state index in [-0.39, 0.29) is 18.1 Å². The molecule has 1 fully saturated rings. The van der Waals surface area contributed by atoms with Gasteiger partial charge in [0.1, 0.15) is 0 Å². The van der Waals surface area contributed by atoms with E-state index in [9.17, 15) is 10.2 Å². The van der Waals surface area contributed by atoms with Gasteiger partial charge in [-0.25, -0.2) is 0 Å². The summed E-state index contributed by atoms with van der Waals surface area (Å²) in [6.45, 7) is 8.91. The van der Waals surface area contributed by atoms with Crippen molar-refractivity contribution < 1.29 is 14.9 Å². The molecule has 17 heavy (non-hydrogen) atoms. The van der Waals surface area contributed by atoms with E-state index >= 15 is 0 Å². The van der Waals surface area contributed by atoms with Crippen LogP contribution in [0.4, 0.5) is 0 Å². The number of rotatable bonds is 5. The van der Waals surface area contributed by atoms with Crippen LogP contribution < -0.4 is 0 Å². The van der Waals surface area contributed by atoms with Crippen molar-refractivity contribution in [1.29, 1.82) is 0 Å². The Morgan fingerprint density at radius 2 is 2.12 bits per heavy atom. The maximum absolute atomic E-state index is 9.76. The maximum Gasteiger partial charge on any atom is 0.160 e. The number of thioether (sulfide) groups is 1. The van der Waals surface area contributed by atoms with E-state index in [1.54, 1.807) is 31.0 Å². The van der Waals surface area contributed by atoms with Crippen LogP contribution in [0.1, 0.15) is 33.6 Å². The van der Waals surface area contributed by atoms with E-state index in [0.717, 1.165) is 4.91 Å². The SMILES string of the molecule is C=CS/C(=C\C)[C@H]1C[C@H](O)C[C@@H]1OC(C)(C)O. The van der Waals surface area contributed by atoms with Crippen molar-refractivity contribution >= 4 is 11.8 Å². The molecular formula is C13H22O3S. The van der Waals surface area contributed by atoms with Crippen LogP contribution in [0.25, 0.3) is 0 Å². The Kier molecular flexibility index (Phi) is 5.25. The lowest BCUT2D eigenvalue weighted by molar-refractivity contribution is -0.210. The summed E-state index contributed by atoms with van der Waals surface area (Å²) >= 11 is 1.56. The van der Waals surface area contributed by atoms with Gasteiger partial charge in [-0.2, -0.15) is 0 Å². The second kappa shape index (κ2) is 6.05. The molecule has 0 amide bonds. The highest BCUT2D eigenvalue weighted by atomic mass is 32.2. The number of aliphatic hydroxyl groups is 2. The van der Waals surface area contributed by atoms with E-state index in [1.165, 1.54) is 0 Å². The Hall–Kier alpha value is -0.290. The predicted molar refractivity (Wildman–Crippen MR) is 71.4 cm³/mol. The molecule has 3 nitrogen and oxygen atoms in total. The Labute approximate surface area is 108 Å². The lowest BCUT2D eigenvalue weighted by Crippen LogP contribution is -2.32. The normalized spacial score (nSPS) is 30.6. The first-order valence-corrected chi connectivity index (χ1v) is 6.77. The predicted octanol–water partition coefficient (Wildman–Crippen LogP) is 2.65. The fourth-order valence-corrected chi connectivity index (χ4v) is 2.99. The molecule has 0 unspecified atom stereocenters. The highest BCUT2D eigenvalue weighted by Gasteiger charge is 2.38. The third-order valence-corrected chi connectivity index (χ3v) is 3.77. The summed E-state index contributed by atoms with van der Waals surface area (Å²) < 4.78 is 5.62. The summed E-state index contributed by atoms with van der Waals surface area (Å²) in [5, 5.41) is 21.3. The number of ether oxygens (including phenoxy) is 1. The molecule has 0 aromatic rings. The molecule has 0 aliphatic heterocycles. The fourth-order valence-electron chi connectivity index (χ4n) is 2.24. The number of hydrogen-bond donors (Lipinski definition) is 2. The van der Waals surface area contributed by atoms with Gasteiger partial charge in [-0.15, -0.1) is 11.8 Å². The Bertz CT molecular complexity index is 294. The van der Waals surface area contributed by atoms with Gasteiger partial charge in [-0.1, -0.05) is 12.7 Å². The van der Waals surface area contributed by atoms with Gasteiger partial charge in [0.15, 0.2) is 5.79 Å². The van der Waals surface area contributed by atoms with E-state index in [4.69, 9.17) is 4.74 Å². The third kappa shape index (κ3) is 4.47. The highest BCUT2D eigenvalue weighted by Crippen LogP contribution is 2.40. The van der Waals surface area contributed by atoms with Gasteiger partial charge in [0.2, 0.25) is 0 Å². The largest absolute Gasteiger partial charge is 0.393 e. The van der Waals surface area contributed by atoms with E-state index in [0.29, 0.717) is 12.8 Å². The van der Waals surface area contributed by atoms with Crippen molar-refractivity contribution in [2.75, 3.05) is 0 Å². The monoisotopic (exact) mass is 258 g/mol. The van der Waals surface area contributed by atoms with E-state index in [2.05, 4.69) is 6.58 Å². The molecule has 2 N–H and O–H groups in total. The fraction of sp³-hybridized carbons (Fsp3) is 0.692. The molecule has 0 bridgehead atoms. The van der Waals surface area contributed by atoms with Crippen LogP contribution in [0.5, 0.6) is 0 Å². The molecule has 4 heteroatoms. The van der Waals surface area contributed by atoms with Crippen molar-refractivity contribution in [1.82, 2.24) is 0 Å². The zero-order valence-electron chi connectivity index (χ0n) is 10.7. The molecular weight excluding hydrogens is 236 g/mol. The molecule has 1 aliphatic carbocycles. The standard InChI is InChI=1S/C13H22O3S/c1-5-12(17-6-2)10-7-9(14)8-11(10)16-13(3,4)15/h5-6,9-11,14-15H,2,7-8H2,1,3-4H3/b12-5-/t9-,10-,11-/m0/s1. The Morgan fingerprint density at radius 3 is 2.59 bits per heavy atom. The molecule has 98 valence electrons. The smallest absolute Gasteiger partial charge is 0.160 e. The summed E-state index contributed by atoms with van der Waals surface area (Å²) in [7, 11) is 0. The average Bonchev–Trinajstić information content (AvgIpc) is 2.53. The summed E-state index contributed by atoms with van der Waals surface area (Å²) in [5.41, 5.74) is 0. The summed E-state index contributed by atoms with van der Waals surface area (Å²) in [4.78, 5) is 1.14. The summed E-state index contributed by atoms with van der Waals surface area (Å²) in [6.07, 6.45) is 2.79. The zero-order chi connectivity index (χ0) is 13.1. The lowest BCUT2D eigenvalue weighted by atomic mass is 10.0. The van der Waals surface area contributed by atoms with Crippen LogP contribution in [0.2, 0.25) is 0 Å². The minimum atomic E-state index is -1.16. The molecule has 0 saturated heterocycles. The van der Waals surface area contributed by atoms with Gasteiger partial charge in [-0.05, 0) is 37.5 Å². The van der Waals surface area contributed by atoms with Gasteiger partial charge >= 0.3 is 0 Å². The molecule has 0 spiro atoms. The molecule has 1 rings (SSSR count). The van der Waals surface area contributed by atoms with Crippen LogP contribution in [-0.2, 0) is 4.74 Å². The second-order valence-corrected chi connectivity index (χ2v) is 5.85. The first-order chi connectivity index (χ1) is 7.87. The van der Waals surface area contributed by atoms with Gasteiger partial charge in [0.05, 0.1) is 12.2 Å². The molecule has 1 aliphatic rings. The summed E-state index contributed by atoms with van der Waals surface area (Å²) in [5.74, 6) is -1.02. The first kappa shape index (κ1) is 14.8. The molecule has 3 atom stereocenters. The zero-order valence-corrected chi connectivity index (χ0v) is 11.5. The average molecular weight is 258 g/mol. The Balaban J connectivity index is 2.77. The molecule has 0 aromatic heterocycles. The minimum absolute atomic E-state index is 0.136. The molecule has 0 heterocycles. The van der Waals surface area contributed by atoms with Crippen LogP contribution in [0, 0.1) is 5.92 Å². The summed E-state index contributed by atoms with van der Waals surface area (Å²) in [6, 6.07) is 0. The molecule has 0 radical (unpaired) electrons.